The number of carbonyl (C=O) groups is 1. The fourth-order valence-corrected chi connectivity index (χ4v) is 2.32. The van der Waals surface area contributed by atoms with Crippen molar-refractivity contribution >= 4 is 27.8 Å². The molecule has 0 saturated heterocycles. The number of halogens is 1. The monoisotopic (exact) mass is 330 g/mol. The van der Waals surface area contributed by atoms with E-state index in [0.29, 0.717) is 0 Å². The minimum absolute atomic E-state index is 0.00914. The van der Waals surface area contributed by atoms with E-state index in [1.54, 1.807) is 19.3 Å². The SMILES string of the molecule is COc1ccc(Br)cc1/C=C/C(=O)c1ccccc1C. The van der Waals surface area contributed by atoms with Crippen molar-refractivity contribution in [2.24, 2.45) is 0 Å². The fourth-order valence-electron chi connectivity index (χ4n) is 1.94. The first-order valence-corrected chi connectivity index (χ1v) is 7.02. The van der Waals surface area contributed by atoms with E-state index in [4.69, 9.17) is 4.74 Å². The molecule has 0 aliphatic heterocycles. The second-order valence-corrected chi connectivity index (χ2v) is 5.31. The zero-order valence-electron chi connectivity index (χ0n) is 11.4. The van der Waals surface area contributed by atoms with Gasteiger partial charge in [0, 0.05) is 15.6 Å². The van der Waals surface area contributed by atoms with Crippen LogP contribution in [0, 0.1) is 6.92 Å². The molecule has 102 valence electrons. The Morgan fingerprint density at radius 2 is 1.95 bits per heavy atom. The van der Waals surface area contributed by atoms with Crippen molar-refractivity contribution in [3.63, 3.8) is 0 Å². The van der Waals surface area contributed by atoms with Gasteiger partial charge in [0.05, 0.1) is 7.11 Å². The molecule has 2 aromatic rings. The van der Waals surface area contributed by atoms with Crippen LogP contribution in [0.25, 0.3) is 6.08 Å². The molecule has 0 fully saturated rings. The molecular weight excluding hydrogens is 316 g/mol. The molecule has 0 saturated carbocycles. The van der Waals surface area contributed by atoms with E-state index in [9.17, 15) is 4.79 Å². The third-order valence-corrected chi connectivity index (χ3v) is 3.51. The van der Waals surface area contributed by atoms with Gasteiger partial charge in [-0.1, -0.05) is 40.2 Å². The number of hydrogen-bond donors (Lipinski definition) is 0. The zero-order valence-corrected chi connectivity index (χ0v) is 13.0. The summed E-state index contributed by atoms with van der Waals surface area (Å²) in [5, 5.41) is 0. The number of aryl methyl sites for hydroxylation is 1. The van der Waals surface area contributed by atoms with Crippen LogP contribution in [-0.2, 0) is 0 Å². The highest BCUT2D eigenvalue weighted by molar-refractivity contribution is 9.10. The van der Waals surface area contributed by atoms with E-state index in [-0.39, 0.29) is 5.78 Å². The van der Waals surface area contributed by atoms with Gasteiger partial charge in [0.25, 0.3) is 0 Å². The molecule has 0 atom stereocenters. The predicted octanol–water partition coefficient (Wildman–Crippen LogP) is 4.66. The normalized spacial score (nSPS) is 10.8. The molecule has 0 unspecified atom stereocenters. The van der Waals surface area contributed by atoms with Crippen LogP contribution in [0.1, 0.15) is 21.5 Å². The Hall–Kier alpha value is -1.87. The summed E-state index contributed by atoms with van der Waals surface area (Å²) in [6.07, 6.45) is 3.35. The van der Waals surface area contributed by atoms with Crippen molar-refractivity contribution in [2.45, 2.75) is 6.92 Å². The average Bonchev–Trinajstić information content (AvgIpc) is 2.45. The molecule has 20 heavy (non-hydrogen) atoms. The van der Waals surface area contributed by atoms with Crippen LogP contribution < -0.4 is 4.74 Å². The zero-order chi connectivity index (χ0) is 14.5. The Kier molecular flexibility index (Phi) is 4.74. The molecule has 0 aliphatic carbocycles. The van der Waals surface area contributed by atoms with Gasteiger partial charge in [-0.05, 0) is 42.8 Å². The molecule has 0 spiro atoms. The maximum absolute atomic E-state index is 12.2. The second-order valence-electron chi connectivity index (χ2n) is 4.40. The van der Waals surface area contributed by atoms with E-state index in [2.05, 4.69) is 15.9 Å². The van der Waals surface area contributed by atoms with Crippen LogP contribution in [0.3, 0.4) is 0 Å². The van der Waals surface area contributed by atoms with Gasteiger partial charge in [-0.2, -0.15) is 0 Å². The van der Waals surface area contributed by atoms with E-state index in [1.807, 2.05) is 49.4 Å². The molecule has 0 radical (unpaired) electrons. The summed E-state index contributed by atoms with van der Waals surface area (Å²) in [4.78, 5) is 12.2. The van der Waals surface area contributed by atoms with Gasteiger partial charge < -0.3 is 4.74 Å². The molecule has 0 N–H and O–H groups in total. The minimum Gasteiger partial charge on any atom is -0.496 e. The van der Waals surface area contributed by atoms with Gasteiger partial charge in [0.2, 0.25) is 0 Å². The molecule has 2 rings (SSSR count). The summed E-state index contributed by atoms with van der Waals surface area (Å²) < 4.78 is 6.22. The Balaban J connectivity index is 2.28. The number of carbonyl (C=O) groups excluding carboxylic acids is 1. The van der Waals surface area contributed by atoms with Crippen molar-refractivity contribution in [3.05, 3.63) is 69.7 Å². The van der Waals surface area contributed by atoms with E-state index < -0.39 is 0 Å². The molecule has 0 aromatic heterocycles. The first-order chi connectivity index (χ1) is 9.61. The highest BCUT2D eigenvalue weighted by Crippen LogP contribution is 2.24. The van der Waals surface area contributed by atoms with Crippen LogP contribution in [0.5, 0.6) is 5.75 Å². The number of ether oxygens (including phenoxy) is 1. The van der Waals surface area contributed by atoms with Gasteiger partial charge in [-0.15, -0.1) is 0 Å². The second kappa shape index (κ2) is 6.53. The first kappa shape index (κ1) is 14.5. The summed E-state index contributed by atoms with van der Waals surface area (Å²) in [6.45, 7) is 1.93. The molecule has 0 aliphatic rings. The predicted molar refractivity (Wildman–Crippen MR) is 85.2 cm³/mol. The lowest BCUT2D eigenvalue weighted by molar-refractivity contribution is 0.104. The number of allylic oxidation sites excluding steroid dienone is 1. The van der Waals surface area contributed by atoms with Crippen LogP contribution in [0.2, 0.25) is 0 Å². The molecule has 0 bridgehead atoms. The van der Waals surface area contributed by atoms with Gasteiger partial charge in [0.15, 0.2) is 5.78 Å². The van der Waals surface area contributed by atoms with E-state index >= 15 is 0 Å². The number of benzene rings is 2. The van der Waals surface area contributed by atoms with Gasteiger partial charge >= 0.3 is 0 Å². The molecule has 2 nitrogen and oxygen atoms in total. The van der Waals surface area contributed by atoms with Crippen molar-refractivity contribution in [2.75, 3.05) is 7.11 Å². The summed E-state index contributed by atoms with van der Waals surface area (Å²) in [5.74, 6) is 0.729. The van der Waals surface area contributed by atoms with Gasteiger partial charge in [-0.25, -0.2) is 0 Å². The standard InChI is InChI=1S/C17H15BrO2/c1-12-5-3-4-6-15(12)16(19)9-7-13-11-14(18)8-10-17(13)20-2/h3-11H,1-2H3/b9-7+. The number of methoxy groups -OCH3 is 1. The Morgan fingerprint density at radius 3 is 2.65 bits per heavy atom. The smallest absolute Gasteiger partial charge is 0.186 e. The van der Waals surface area contributed by atoms with Gasteiger partial charge in [-0.3, -0.25) is 4.79 Å². The highest BCUT2D eigenvalue weighted by atomic mass is 79.9. The van der Waals surface area contributed by atoms with Crippen molar-refractivity contribution < 1.29 is 9.53 Å². The number of ketones is 1. The maximum atomic E-state index is 12.2. The summed E-state index contributed by atoms with van der Waals surface area (Å²) in [7, 11) is 1.61. The van der Waals surface area contributed by atoms with E-state index in [1.165, 1.54) is 0 Å². The third kappa shape index (κ3) is 3.36. The fraction of sp³-hybridized carbons (Fsp3) is 0.118. The molecule has 0 heterocycles. The van der Waals surface area contributed by atoms with Crippen LogP contribution in [0.4, 0.5) is 0 Å². The number of hydrogen-bond acceptors (Lipinski definition) is 2. The van der Waals surface area contributed by atoms with Crippen LogP contribution in [-0.4, -0.2) is 12.9 Å². The minimum atomic E-state index is -0.00914. The lowest BCUT2D eigenvalue weighted by atomic mass is 10.0. The Bertz CT molecular complexity index is 660. The first-order valence-electron chi connectivity index (χ1n) is 6.23. The highest BCUT2D eigenvalue weighted by Gasteiger charge is 2.05. The largest absolute Gasteiger partial charge is 0.496 e. The topological polar surface area (TPSA) is 26.3 Å². The summed E-state index contributed by atoms with van der Waals surface area (Å²) in [6, 6.07) is 13.2. The average molecular weight is 331 g/mol. The maximum Gasteiger partial charge on any atom is 0.186 e. The van der Waals surface area contributed by atoms with Crippen molar-refractivity contribution in [1.82, 2.24) is 0 Å². The Morgan fingerprint density at radius 1 is 1.20 bits per heavy atom. The van der Waals surface area contributed by atoms with Crippen LogP contribution >= 0.6 is 15.9 Å². The van der Waals surface area contributed by atoms with E-state index in [0.717, 1.165) is 26.9 Å². The van der Waals surface area contributed by atoms with Crippen LogP contribution in [0.15, 0.2) is 53.0 Å². The quantitative estimate of drug-likeness (QED) is 0.601. The Labute approximate surface area is 127 Å². The lowest BCUT2D eigenvalue weighted by Crippen LogP contribution is -1.97. The molecule has 3 heteroatoms. The third-order valence-electron chi connectivity index (χ3n) is 3.02. The molecular formula is C17H15BrO2. The number of rotatable bonds is 4. The molecule has 2 aromatic carbocycles. The van der Waals surface area contributed by atoms with Gasteiger partial charge in [0.1, 0.15) is 5.75 Å². The van der Waals surface area contributed by atoms with Crippen molar-refractivity contribution in [1.29, 1.82) is 0 Å². The van der Waals surface area contributed by atoms with Crippen molar-refractivity contribution in [3.8, 4) is 5.75 Å². The lowest BCUT2D eigenvalue weighted by Gasteiger charge is -2.05. The molecule has 0 amide bonds. The summed E-state index contributed by atoms with van der Waals surface area (Å²) >= 11 is 3.41. The summed E-state index contributed by atoms with van der Waals surface area (Å²) in [5.41, 5.74) is 2.56.